The Balaban J connectivity index is 1.81. The van der Waals surface area contributed by atoms with Crippen LogP contribution in [0.4, 0.5) is 11.5 Å². The highest BCUT2D eigenvalue weighted by molar-refractivity contribution is 7.89. The number of rotatable bonds is 7. The van der Waals surface area contributed by atoms with Gasteiger partial charge in [0.2, 0.25) is 10.0 Å². The number of nitrogens with one attached hydrogen (secondary N) is 1. The molecule has 140 valence electrons. The predicted octanol–water partition coefficient (Wildman–Crippen LogP) is 3.33. The van der Waals surface area contributed by atoms with Crippen LogP contribution < -0.4 is 15.2 Å². The maximum absolute atomic E-state index is 11.1. The van der Waals surface area contributed by atoms with E-state index in [0.29, 0.717) is 12.2 Å². The number of pyridine rings is 1. The molecule has 0 saturated carbocycles. The molecular weight excluding hydrogens is 362 g/mol. The number of anilines is 2. The van der Waals surface area contributed by atoms with Crippen molar-refractivity contribution in [2.75, 3.05) is 18.2 Å². The van der Waals surface area contributed by atoms with Gasteiger partial charge in [0.15, 0.2) is 0 Å². The van der Waals surface area contributed by atoms with Crippen molar-refractivity contribution >= 4 is 21.5 Å². The Morgan fingerprint density at radius 1 is 1.07 bits per heavy atom. The van der Waals surface area contributed by atoms with Gasteiger partial charge in [-0.15, -0.1) is 0 Å². The molecule has 0 saturated heterocycles. The molecule has 0 unspecified atom stereocenters. The van der Waals surface area contributed by atoms with Crippen LogP contribution >= 0.6 is 0 Å². The van der Waals surface area contributed by atoms with E-state index in [9.17, 15) is 8.42 Å². The van der Waals surface area contributed by atoms with Gasteiger partial charge in [-0.05, 0) is 47.9 Å². The maximum Gasteiger partial charge on any atom is 0.209 e. The second-order valence-electron chi connectivity index (χ2n) is 6.07. The molecule has 3 rings (SSSR count). The van der Waals surface area contributed by atoms with Crippen LogP contribution in [0, 0.1) is 0 Å². The van der Waals surface area contributed by atoms with E-state index in [1.54, 1.807) is 13.3 Å². The third-order valence-electron chi connectivity index (χ3n) is 4.05. The van der Waals surface area contributed by atoms with Crippen LogP contribution in [0.3, 0.4) is 0 Å². The van der Waals surface area contributed by atoms with E-state index in [4.69, 9.17) is 9.88 Å². The SMILES string of the molecule is COc1ccccc1-c1ccnc(Nc2cccc(CCS(N)(=O)=O)c2)c1. The molecular formula is C20H21N3O3S. The zero-order chi connectivity index (χ0) is 19.3. The smallest absolute Gasteiger partial charge is 0.209 e. The molecule has 3 N–H and O–H groups in total. The number of methoxy groups -OCH3 is 1. The largest absolute Gasteiger partial charge is 0.496 e. The predicted molar refractivity (Wildman–Crippen MR) is 108 cm³/mol. The number of hydrogen-bond donors (Lipinski definition) is 2. The molecule has 7 heteroatoms. The van der Waals surface area contributed by atoms with Crippen molar-refractivity contribution in [3.8, 4) is 16.9 Å². The summed E-state index contributed by atoms with van der Waals surface area (Å²) in [6.07, 6.45) is 2.10. The van der Waals surface area contributed by atoms with Crippen molar-refractivity contribution in [1.29, 1.82) is 0 Å². The Morgan fingerprint density at radius 2 is 1.89 bits per heavy atom. The summed E-state index contributed by atoms with van der Waals surface area (Å²) in [7, 11) is -1.84. The maximum atomic E-state index is 11.1. The lowest BCUT2D eigenvalue weighted by atomic mass is 10.1. The van der Waals surface area contributed by atoms with Gasteiger partial charge in [-0.3, -0.25) is 0 Å². The number of aromatic nitrogens is 1. The van der Waals surface area contributed by atoms with Gasteiger partial charge in [-0.25, -0.2) is 18.5 Å². The molecule has 27 heavy (non-hydrogen) atoms. The quantitative estimate of drug-likeness (QED) is 0.653. The van der Waals surface area contributed by atoms with Gasteiger partial charge in [0.05, 0.1) is 12.9 Å². The molecule has 0 aliphatic heterocycles. The third-order valence-corrected chi connectivity index (χ3v) is 4.83. The van der Waals surface area contributed by atoms with E-state index in [0.717, 1.165) is 28.1 Å². The number of ether oxygens (including phenoxy) is 1. The molecule has 2 aromatic carbocycles. The standard InChI is InChI=1S/C20H21N3O3S/c1-26-19-8-3-2-7-18(19)16-9-11-22-20(14-16)23-17-6-4-5-15(13-17)10-12-27(21,24)25/h2-9,11,13-14H,10,12H2,1H3,(H,22,23)(H2,21,24,25). The Hall–Kier alpha value is -2.90. The van der Waals surface area contributed by atoms with Gasteiger partial charge in [0.25, 0.3) is 0 Å². The van der Waals surface area contributed by atoms with E-state index < -0.39 is 10.0 Å². The molecule has 0 bridgehead atoms. The number of benzene rings is 2. The van der Waals surface area contributed by atoms with Gasteiger partial charge >= 0.3 is 0 Å². The van der Waals surface area contributed by atoms with Gasteiger partial charge in [0.1, 0.15) is 11.6 Å². The summed E-state index contributed by atoms with van der Waals surface area (Å²) in [4.78, 5) is 4.36. The summed E-state index contributed by atoms with van der Waals surface area (Å²) in [5, 5.41) is 8.33. The van der Waals surface area contributed by atoms with Crippen molar-refractivity contribution in [2.45, 2.75) is 6.42 Å². The molecule has 0 radical (unpaired) electrons. The lowest BCUT2D eigenvalue weighted by molar-refractivity contribution is 0.416. The molecule has 0 atom stereocenters. The topological polar surface area (TPSA) is 94.3 Å². The zero-order valence-electron chi connectivity index (χ0n) is 14.9. The second kappa shape index (κ2) is 8.20. The van der Waals surface area contributed by atoms with Crippen molar-refractivity contribution < 1.29 is 13.2 Å². The second-order valence-corrected chi connectivity index (χ2v) is 7.81. The molecule has 0 fully saturated rings. The molecule has 1 heterocycles. The van der Waals surface area contributed by atoms with Crippen LogP contribution in [0.1, 0.15) is 5.56 Å². The van der Waals surface area contributed by atoms with Crippen molar-refractivity contribution in [3.63, 3.8) is 0 Å². The number of nitrogens with zero attached hydrogens (tertiary/aromatic N) is 1. The number of hydrogen-bond acceptors (Lipinski definition) is 5. The summed E-state index contributed by atoms with van der Waals surface area (Å²) in [6, 6.07) is 19.2. The number of aryl methyl sites for hydroxylation is 1. The first-order valence-electron chi connectivity index (χ1n) is 8.40. The Bertz CT molecular complexity index is 1040. The highest BCUT2D eigenvalue weighted by Crippen LogP contribution is 2.30. The van der Waals surface area contributed by atoms with E-state index in [-0.39, 0.29) is 5.75 Å². The van der Waals surface area contributed by atoms with E-state index in [2.05, 4.69) is 10.3 Å². The average molecular weight is 383 g/mol. The molecule has 0 aliphatic carbocycles. The summed E-state index contributed by atoms with van der Waals surface area (Å²) in [6.45, 7) is 0. The molecule has 0 spiro atoms. The summed E-state index contributed by atoms with van der Waals surface area (Å²) in [5.41, 5.74) is 3.67. The fraction of sp³-hybridized carbons (Fsp3) is 0.150. The fourth-order valence-electron chi connectivity index (χ4n) is 2.76. The highest BCUT2D eigenvalue weighted by atomic mass is 32.2. The van der Waals surface area contributed by atoms with E-state index in [1.807, 2.05) is 60.7 Å². The normalized spacial score (nSPS) is 11.2. The minimum Gasteiger partial charge on any atom is -0.496 e. The lowest BCUT2D eigenvalue weighted by Gasteiger charge is -2.11. The highest BCUT2D eigenvalue weighted by Gasteiger charge is 2.07. The Labute approximate surface area is 159 Å². The third kappa shape index (κ3) is 5.29. The number of nitrogens with two attached hydrogens (primary N) is 1. The fourth-order valence-corrected chi connectivity index (χ4v) is 3.28. The van der Waals surface area contributed by atoms with Gasteiger partial charge < -0.3 is 10.1 Å². The first kappa shape index (κ1) is 18.9. The van der Waals surface area contributed by atoms with Crippen LogP contribution in [-0.2, 0) is 16.4 Å². The molecule has 0 amide bonds. The first-order chi connectivity index (χ1) is 12.9. The van der Waals surface area contributed by atoms with Crippen molar-refractivity contribution in [1.82, 2.24) is 4.98 Å². The lowest BCUT2D eigenvalue weighted by Crippen LogP contribution is -2.17. The number of primary sulfonamides is 1. The van der Waals surface area contributed by atoms with E-state index in [1.165, 1.54) is 0 Å². The minimum absolute atomic E-state index is 0.0853. The van der Waals surface area contributed by atoms with Crippen molar-refractivity contribution in [2.24, 2.45) is 5.14 Å². The van der Waals surface area contributed by atoms with E-state index >= 15 is 0 Å². The van der Waals surface area contributed by atoms with Gasteiger partial charge in [-0.2, -0.15) is 0 Å². The van der Waals surface area contributed by atoms with Crippen LogP contribution in [0.25, 0.3) is 11.1 Å². The van der Waals surface area contributed by atoms with Crippen molar-refractivity contribution in [3.05, 3.63) is 72.4 Å². The average Bonchev–Trinajstić information content (AvgIpc) is 2.66. The summed E-state index contributed by atoms with van der Waals surface area (Å²) >= 11 is 0. The molecule has 0 aliphatic rings. The molecule has 3 aromatic rings. The molecule has 6 nitrogen and oxygen atoms in total. The number of para-hydroxylation sites is 1. The minimum atomic E-state index is -3.48. The van der Waals surface area contributed by atoms with Crippen LogP contribution in [0.5, 0.6) is 5.75 Å². The Morgan fingerprint density at radius 3 is 2.67 bits per heavy atom. The van der Waals surface area contributed by atoms with Crippen LogP contribution in [0.15, 0.2) is 66.9 Å². The Kier molecular flexibility index (Phi) is 5.73. The van der Waals surface area contributed by atoms with Gasteiger partial charge in [-0.1, -0.05) is 30.3 Å². The van der Waals surface area contributed by atoms with Crippen LogP contribution in [-0.4, -0.2) is 26.3 Å². The first-order valence-corrected chi connectivity index (χ1v) is 10.1. The monoisotopic (exact) mass is 383 g/mol. The number of sulfonamides is 1. The summed E-state index contributed by atoms with van der Waals surface area (Å²) < 4.78 is 27.7. The zero-order valence-corrected chi connectivity index (χ0v) is 15.7. The van der Waals surface area contributed by atoms with Gasteiger partial charge in [0, 0.05) is 17.4 Å². The summed E-state index contributed by atoms with van der Waals surface area (Å²) in [5.74, 6) is 1.39. The van der Waals surface area contributed by atoms with Crippen LogP contribution in [0.2, 0.25) is 0 Å². The molecule has 1 aromatic heterocycles.